The van der Waals surface area contributed by atoms with Gasteiger partial charge in [0, 0.05) is 50.9 Å². The second kappa shape index (κ2) is 9.69. The van der Waals surface area contributed by atoms with E-state index >= 15 is 0 Å². The fourth-order valence-corrected chi connectivity index (χ4v) is 5.05. The zero-order chi connectivity index (χ0) is 26.2. The normalized spacial score (nSPS) is 17.9. The maximum atomic E-state index is 13.6. The lowest BCUT2D eigenvalue weighted by atomic mass is 10.1. The fraction of sp³-hybridized carbons (Fsp3) is 0.308. The summed E-state index contributed by atoms with van der Waals surface area (Å²) in [6.45, 7) is 2.33. The molecular weight excluding hydrogens is 491 g/mol. The molecule has 38 heavy (non-hydrogen) atoms. The molecule has 2 saturated heterocycles. The molecular formula is C26H25FN8O3. The summed E-state index contributed by atoms with van der Waals surface area (Å²) in [4.78, 5) is 40.0. The number of hydrogen-bond donors (Lipinski definition) is 0. The Morgan fingerprint density at radius 2 is 1.82 bits per heavy atom. The number of rotatable bonds is 5. The van der Waals surface area contributed by atoms with E-state index in [1.165, 1.54) is 23.4 Å². The van der Waals surface area contributed by atoms with Gasteiger partial charge >= 0.3 is 0 Å². The highest BCUT2D eigenvalue weighted by molar-refractivity contribution is 6.00. The Morgan fingerprint density at radius 3 is 2.61 bits per heavy atom. The Balaban J connectivity index is 1.14. The number of nitrogens with zero attached hydrogens (tertiary/aromatic N) is 8. The van der Waals surface area contributed by atoms with Crippen molar-refractivity contribution >= 4 is 34.5 Å². The molecule has 2 aromatic carbocycles. The summed E-state index contributed by atoms with van der Waals surface area (Å²) in [6, 6.07) is 13.4. The summed E-state index contributed by atoms with van der Waals surface area (Å²) in [7, 11) is 1.61. The Labute approximate surface area is 217 Å². The van der Waals surface area contributed by atoms with Gasteiger partial charge in [0.25, 0.3) is 0 Å². The molecule has 12 heteroatoms. The van der Waals surface area contributed by atoms with Gasteiger partial charge in [-0.05, 0) is 30.3 Å². The van der Waals surface area contributed by atoms with Crippen LogP contribution in [0.25, 0.3) is 16.9 Å². The number of fused-ring (bicyclic) bond motifs is 1. The summed E-state index contributed by atoms with van der Waals surface area (Å²) < 4.78 is 20.6. The molecule has 4 aromatic rings. The molecule has 2 aliphatic heterocycles. The number of aromatic nitrogens is 5. The second-order valence-electron chi connectivity index (χ2n) is 9.27. The van der Waals surface area contributed by atoms with E-state index in [2.05, 4.69) is 25.2 Å². The highest BCUT2D eigenvalue weighted by Gasteiger charge is 2.38. The van der Waals surface area contributed by atoms with Crippen LogP contribution in [0, 0.1) is 11.7 Å². The molecule has 0 saturated carbocycles. The molecule has 11 nitrogen and oxygen atoms in total. The van der Waals surface area contributed by atoms with Crippen molar-refractivity contribution in [1.29, 1.82) is 0 Å². The summed E-state index contributed by atoms with van der Waals surface area (Å²) in [5.74, 6) is 0.256. The molecule has 194 valence electrons. The third kappa shape index (κ3) is 4.27. The monoisotopic (exact) mass is 516 g/mol. The van der Waals surface area contributed by atoms with Gasteiger partial charge in [-0.2, -0.15) is 4.68 Å². The standard InChI is InChI=1S/C26H25FN8O3/c1-38-21-7-3-6-20(14-21)35-25-23(30-31-35)24(28-16-29-25)32-8-10-33(11-9-32)26(37)17-12-22(36)34(15-17)19-5-2-4-18(27)13-19/h2-7,13-14,16-17H,8-12,15H2,1H3. The van der Waals surface area contributed by atoms with Gasteiger partial charge in [0.1, 0.15) is 17.9 Å². The minimum absolute atomic E-state index is 0.0614. The smallest absolute Gasteiger partial charge is 0.228 e. The van der Waals surface area contributed by atoms with Crippen molar-refractivity contribution in [3.63, 3.8) is 0 Å². The van der Waals surface area contributed by atoms with Gasteiger partial charge < -0.3 is 19.4 Å². The second-order valence-corrected chi connectivity index (χ2v) is 9.27. The quantitative estimate of drug-likeness (QED) is 0.397. The summed E-state index contributed by atoms with van der Waals surface area (Å²) >= 11 is 0. The van der Waals surface area contributed by atoms with Crippen molar-refractivity contribution in [1.82, 2.24) is 29.9 Å². The number of methoxy groups -OCH3 is 1. The molecule has 0 bridgehead atoms. The molecule has 6 rings (SSSR count). The van der Waals surface area contributed by atoms with E-state index in [1.54, 1.807) is 28.8 Å². The van der Waals surface area contributed by atoms with Crippen LogP contribution in [-0.4, -0.2) is 81.5 Å². The van der Waals surface area contributed by atoms with Crippen LogP contribution in [-0.2, 0) is 9.59 Å². The molecule has 2 aromatic heterocycles. The zero-order valence-electron chi connectivity index (χ0n) is 20.7. The number of anilines is 2. The van der Waals surface area contributed by atoms with Crippen molar-refractivity contribution < 1.29 is 18.7 Å². The van der Waals surface area contributed by atoms with Crippen molar-refractivity contribution in [2.24, 2.45) is 5.92 Å². The van der Waals surface area contributed by atoms with E-state index in [-0.39, 0.29) is 24.8 Å². The number of piperazine rings is 1. The predicted octanol–water partition coefficient (Wildman–Crippen LogP) is 2.06. The molecule has 2 fully saturated rings. The van der Waals surface area contributed by atoms with Gasteiger partial charge in [0.2, 0.25) is 11.8 Å². The molecule has 2 aliphatic rings. The highest BCUT2D eigenvalue weighted by atomic mass is 19.1. The van der Waals surface area contributed by atoms with E-state index in [0.29, 0.717) is 54.6 Å². The van der Waals surface area contributed by atoms with Crippen LogP contribution >= 0.6 is 0 Å². The lowest BCUT2D eigenvalue weighted by Gasteiger charge is -2.36. The van der Waals surface area contributed by atoms with Crippen LogP contribution in [0.15, 0.2) is 54.9 Å². The van der Waals surface area contributed by atoms with Crippen LogP contribution in [0.2, 0.25) is 0 Å². The lowest BCUT2D eigenvalue weighted by Crippen LogP contribution is -2.51. The van der Waals surface area contributed by atoms with Crippen molar-refractivity contribution in [3.8, 4) is 11.4 Å². The SMILES string of the molecule is COc1cccc(-n2nnc3c(N4CCN(C(=O)C5CC(=O)N(c6cccc(F)c6)C5)CC4)ncnc32)c1. The van der Waals surface area contributed by atoms with Crippen LogP contribution < -0.4 is 14.5 Å². The van der Waals surface area contributed by atoms with Gasteiger partial charge in [0.05, 0.1) is 18.7 Å². The highest BCUT2D eigenvalue weighted by Crippen LogP contribution is 2.28. The average molecular weight is 517 g/mol. The minimum Gasteiger partial charge on any atom is -0.497 e. The van der Waals surface area contributed by atoms with Crippen molar-refractivity contribution in [3.05, 3.63) is 60.7 Å². The number of halogens is 1. The zero-order valence-corrected chi connectivity index (χ0v) is 20.7. The number of carbonyl (C=O) groups is 2. The first-order valence-electron chi connectivity index (χ1n) is 12.3. The minimum atomic E-state index is -0.453. The maximum absolute atomic E-state index is 13.6. The van der Waals surface area contributed by atoms with Gasteiger partial charge in [-0.15, -0.1) is 5.10 Å². The van der Waals surface area contributed by atoms with E-state index in [1.807, 2.05) is 24.3 Å². The van der Waals surface area contributed by atoms with Crippen molar-refractivity contribution in [2.75, 3.05) is 49.6 Å². The summed E-state index contributed by atoms with van der Waals surface area (Å²) in [6.07, 6.45) is 1.61. The topological polar surface area (TPSA) is 110 Å². The first kappa shape index (κ1) is 23.8. The van der Waals surface area contributed by atoms with Crippen LogP contribution in [0.4, 0.5) is 15.9 Å². The van der Waals surface area contributed by atoms with E-state index < -0.39 is 11.7 Å². The molecule has 2 amide bonds. The predicted molar refractivity (Wildman–Crippen MR) is 137 cm³/mol. The van der Waals surface area contributed by atoms with E-state index in [4.69, 9.17) is 4.74 Å². The Hall–Kier alpha value is -4.61. The summed E-state index contributed by atoms with van der Waals surface area (Å²) in [5, 5.41) is 8.64. The van der Waals surface area contributed by atoms with Crippen LogP contribution in [0.5, 0.6) is 5.75 Å². The molecule has 4 heterocycles. The van der Waals surface area contributed by atoms with Crippen molar-refractivity contribution in [2.45, 2.75) is 6.42 Å². The first-order valence-corrected chi connectivity index (χ1v) is 12.3. The Morgan fingerprint density at radius 1 is 1.03 bits per heavy atom. The molecule has 0 N–H and O–H groups in total. The third-order valence-electron chi connectivity index (χ3n) is 7.00. The van der Waals surface area contributed by atoms with Crippen LogP contribution in [0.3, 0.4) is 0 Å². The Bertz CT molecular complexity index is 1520. The molecule has 0 aliphatic carbocycles. The number of hydrogen-bond acceptors (Lipinski definition) is 8. The maximum Gasteiger partial charge on any atom is 0.228 e. The number of carbonyl (C=O) groups excluding carboxylic acids is 2. The molecule has 0 radical (unpaired) electrons. The lowest BCUT2D eigenvalue weighted by molar-refractivity contribution is -0.136. The molecule has 1 atom stereocenters. The molecule has 0 spiro atoms. The van der Waals surface area contributed by atoms with E-state index in [0.717, 1.165) is 5.69 Å². The third-order valence-corrected chi connectivity index (χ3v) is 7.00. The average Bonchev–Trinajstić information content (AvgIpc) is 3.56. The van der Waals surface area contributed by atoms with Crippen LogP contribution in [0.1, 0.15) is 6.42 Å². The Kier molecular flexibility index (Phi) is 6.06. The van der Waals surface area contributed by atoms with Gasteiger partial charge in [-0.25, -0.2) is 14.4 Å². The van der Waals surface area contributed by atoms with E-state index in [9.17, 15) is 14.0 Å². The van der Waals surface area contributed by atoms with Gasteiger partial charge in [-0.1, -0.05) is 17.3 Å². The molecule has 1 unspecified atom stereocenters. The number of amides is 2. The number of ether oxygens (including phenoxy) is 1. The van der Waals surface area contributed by atoms with Gasteiger partial charge in [-0.3, -0.25) is 9.59 Å². The summed E-state index contributed by atoms with van der Waals surface area (Å²) in [5.41, 5.74) is 2.39. The first-order chi connectivity index (χ1) is 18.5. The van der Waals surface area contributed by atoms with Gasteiger partial charge in [0.15, 0.2) is 17.0 Å². The largest absolute Gasteiger partial charge is 0.497 e. The number of benzene rings is 2. The fourth-order valence-electron chi connectivity index (χ4n) is 5.05.